The summed E-state index contributed by atoms with van der Waals surface area (Å²) >= 11 is 0. The summed E-state index contributed by atoms with van der Waals surface area (Å²) in [7, 11) is 0. The molecule has 2 amide bonds. The van der Waals surface area contributed by atoms with Gasteiger partial charge in [0.1, 0.15) is 6.04 Å². The maximum Gasteiger partial charge on any atom is 0.326 e. The topological polar surface area (TPSA) is 104 Å². The van der Waals surface area contributed by atoms with Gasteiger partial charge in [-0.15, -0.1) is 0 Å². The normalized spacial score (nSPS) is 11.4. The van der Waals surface area contributed by atoms with Crippen molar-refractivity contribution in [3.63, 3.8) is 0 Å². The lowest BCUT2D eigenvalue weighted by molar-refractivity contribution is -0.141. The van der Waals surface area contributed by atoms with Crippen LogP contribution in [-0.4, -0.2) is 52.7 Å². The molecule has 124 valence electrons. The molecular weight excluding hydrogens is 300 g/mol. The van der Waals surface area contributed by atoms with Gasteiger partial charge in [0.25, 0.3) is 5.91 Å². The van der Waals surface area contributed by atoms with Gasteiger partial charge in [0.15, 0.2) is 5.78 Å². The van der Waals surface area contributed by atoms with E-state index in [1.54, 1.807) is 0 Å². The first-order chi connectivity index (χ1) is 10.7. The molecule has 1 aromatic carbocycles. The van der Waals surface area contributed by atoms with E-state index in [0.717, 1.165) is 0 Å². The molecule has 0 bridgehead atoms. The maximum atomic E-state index is 12.5. The Morgan fingerprint density at radius 1 is 1.09 bits per heavy atom. The standard InChI is InChI=1S/C16H20N2O5/c1-10(16(22)23)18(9-8-17-12(3)20)15(21)14-6-4-13(5-7-14)11(2)19/h4-7,10H,8-9H2,1-3H3,(H,17,20)(H,22,23). The zero-order chi connectivity index (χ0) is 17.6. The summed E-state index contributed by atoms with van der Waals surface area (Å²) in [6, 6.07) is 4.97. The number of rotatable bonds is 7. The van der Waals surface area contributed by atoms with Crippen LogP contribution in [0.25, 0.3) is 0 Å². The van der Waals surface area contributed by atoms with Gasteiger partial charge in [-0.3, -0.25) is 14.4 Å². The predicted octanol–water partition coefficient (Wildman–Crippen LogP) is 0.941. The minimum Gasteiger partial charge on any atom is -0.480 e. The van der Waals surface area contributed by atoms with Crippen molar-refractivity contribution in [3.05, 3.63) is 35.4 Å². The summed E-state index contributed by atoms with van der Waals surface area (Å²) in [6.07, 6.45) is 0. The lowest BCUT2D eigenvalue weighted by atomic mass is 10.1. The Morgan fingerprint density at radius 3 is 2.04 bits per heavy atom. The van der Waals surface area contributed by atoms with Crippen LogP contribution >= 0.6 is 0 Å². The van der Waals surface area contributed by atoms with Gasteiger partial charge in [-0.25, -0.2) is 4.79 Å². The molecule has 0 radical (unpaired) electrons. The third kappa shape index (κ3) is 5.21. The summed E-state index contributed by atoms with van der Waals surface area (Å²) in [5.41, 5.74) is 0.753. The van der Waals surface area contributed by atoms with Gasteiger partial charge in [-0.1, -0.05) is 12.1 Å². The number of amides is 2. The van der Waals surface area contributed by atoms with Gasteiger partial charge in [0.2, 0.25) is 5.91 Å². The molecule has 1 aromatic rings. The third-order valence-corrected chi connectivity index (χ3v) is 3.35. The van der Waals surface area contributed by atoms with E-state index < -0.39 is 17.9 Å². The van der Waals surface area contributed by atoms with Crippen LogP contribution in [0, 0.1) is 0 Å². The second-order valence-corrected chi connectivity index (χ2v) is 5.13. The number of hydrogen-bond donors (Lipinski definition) is 2. The number of carboxylic acids is 1. The highest BCUT2D eigenvalue weighted by atomic mass is 16.4. The minimum atomic E-state index is -1.14. The molecule has 7 nitrogen and oxygen atoms in total. The first-order valence-corrected chi connectivity index (χ1v) is 7.13. The zero-order valence-electron chi connectivity index (χ0n) is 13.3. The van der Waals surface area contributed by atoms with E-state index in [9.17, 15) is 19.2 Å². The monoisotopic (exact) mass is 320 g/mol. The summed E-state index contributed by atoms with van der Waals surface area (Å²) in [4.78, 5) is 47.0. The number of hydrogen-bond acceptors (Lipinski definition) is 4. The average molecular weight is 320 g/mol. The zero-order valence-corrected chi connectivity index (χ0v) is 13.3. The van der Waals surface area contributed by atoms with Gasteiger partial charge in [-0.05, 0) is 26.0 Å². The number of benzene rings is 1. The fourth-order valence-corrected chi connectivity index (χ4v) is 1.97. The van der Waals surface area contributed by atoms with E-state index >= 15 is 0 Å². The van der Waals surface area contributed by atoms with Crippen molar-refractivity contribution < 1.29 is 24.3 Å². The molecule has 0 fully saturated rings. The smallest absolute Gasteiger partial charge is 0.326 e. The molecule has 0 heterocycles. The molecule has 0 aromatic heterocycles. The Kier molecular flexibility index (Phi) is 6.44. The largest absolute Gasteiger partial charge is 0.480 e. The number of carbonyl (C=O) groups excluding carboxylic acids is 3. The number of Topliss-reactive ketones (excluding diaryl/α,β-unsaturated/α-hetero) is 1. The molecule has 0 aliphatic heterocycles. The maximum absolute atomic E-state index is 12.5. The number of nitrogens with zero attached hydrogens (tertiary/aromatic N) is 1. The summed E-state index contributed by atoms with van der Waals surface area (Å²) in [5.74, 6) is -1.99. The van der Waals surface area contributed by atoms with Crippen LogP contribution in [0.5, 0.6) is 0 Å². The molecule has 0 aliphatic rings. The Bertz CT molecular complexity index is 609. The molecule has 0 spiro atoms. The predicted molar refractivity (Wildman–Crippen MR) is 83.3 cm³/mol. The second kappa shape index (κ2) is 8.07. The summed E-state index contributed by atoms with van der Waals surface area (Å²) in [6.45, 7) is 4.39. The van der Waals surface area contributed by atoms with Gasteiger partial charge in [-0.2, -0.15) is 0 Å². The SMILES string of the molecule is CC(=O)NCCN(C(=O)c1ccc(C(C)=O)cc1)C(C)C(=O)O. The summed E-state index contributed by atoms with van der Waals surface area (Å²) in [5, 5.41) is 11.7. The highest BCUT2D eigenvalue weighted by molar-refractivity contribution is 5.99. The van der Waals surface area contributed by atoms with Crippen LogP contribution in [0.3, 0.4) is 0 Å². The molecule has 0 saturated heterocycles. The van der Waals surface area contributed by atoms with Crippen LogP contribution in [0.15, 0.2) is 24.3 Å². The van der Waals surface area contributed by atoms with Crippen molar-refractivity contribution in [2.45, 2.75) is 26.8 Å². The quantitative estimate of drug-likeness (QED) is 0.728. The lowest BCUT2D eigenvalue weighted by Crippen LogP contribution is -2.46. The van der Waals surface area contributed by atoms with Crippen molar-refractivity contribution in [1.82, 2.24) is 10.2 Å². The molecule has 1 unspecified atom stereocenters. The Balaban J connectivity index is 2.95. The number of carboxylic acid groups (broad SMARTS) is 1. The summed E-state index contributed by atoms with van der Waals surface area (Å²) < 4.78 is 0. The third-order valence-electron chi connectivity index (χ3n) is 3.35. The molecule has 7 heteroatoms. The van der Waals surface area contributed by atoms with Crippen LogP contribution in [0.4, 0.5) is 0 Å². The highest BCUT2D eigenvalue weighted by Crippen LogP contribution is 2.11. The molecule has 0 saturated carbocycles. The van der Waals surface area contributed by atoms with E-state index in [0.29, 0.717) is 5.56 Å². The van der Waals surface area contributed by atoms with E-state index in [-0.39, 0.29) is 30.3 Å². The first-order valence-electron chi connectivity index (χ1n) is 7.13. The van der Waals surface area contributed by atoms with Crippen molar-refractivity contribution >= 4 is 23.6 Å². The minimum absolute atomic E-state index is 0.0698. The molecule has 2 N–H and O–H groups in total. The number of aliphatic carboxylic acids is 1. The van der Waals surface area contributed by atoms with E-state index in [1.807, 2.05) is 0 Å². The molecular formula is C16H20N2O5. The Hall–Kier alpha value is -2.70. The fourth-order valence-electron chi connectivity index (χ4n) is 1.97. The number of ketones is 1. The van der Waals surface area contributed by atoms with Crippen molar-refractivity contribution in [2.75, 3.05) is 13.1 Å². The Morgan fingerprint density at radius 2 is 1.61 bits per heavy atom. The van der Waals surface area contributed by atoms with Crippen molar-refractivity contribution in [1.29, 1.82) is 0 Å². The lowest BCUT2D eigenvalue weighted by Gasteiger charge is -2.26. The van der Waals surface area contributed by atoms with Gasteiger partial charge < -0.3 is 15.3 Å². The fraction of sp³-hybridized carbons (Fsp3) is 0.375. The highest BCUT2D eigenvalue weighted by Gasteiger charge is 2.26. The number of carbonyl (C=O) groups is 4. The molecule has 0 aliphatic carbocycles. The first kappa shape index (κ1) is 18.3. The molecule has 1 atom stereocenters. The van der Waals surface area contributed by atoms with Crippen LogP contribution in [0.2, 0.25) is 0 Å². The van der Waals surface area contributed by atoms with Crippen LogP contribution in [-0.2, 0) is 9.59 Å². The van der Waals surface area contributed by atoms with Gasteiger partial charge in [0.05, 0.1) is 0 Å². The average Bonchev–Trinajstić information content (AvgIpc) is 2.50. The Labute approximate surface area is 134 Å². The molecule has 23 heavy (non-hydrogen) atoms. The molecule has 1 rings (SSSR count). The van der Waals surface area contributed by atoms with Crippen molar-refractivity contribution in [3.8, 4) is 0 Å². The van der Waals surface area contributed by atoms with E-state index in [1.165, 1.54) is 49.9 Å². The number of nitrogens with one attached hydrogen (secondary N) is 1. The van der Waals surface area contributed by atoms with E-state index in [2.05, 4.69) is 5.32 Å². The van der Waals surface area contributed by atoms with Crippen LogP contribution < -0.4 is 5.32 Å². The second-order valence-electron chi connectivity index (χ2n) is 5.13. The van der Waals surface area contributed by atoms with Gasteiger partial charge in [0, 0.05) is 31.1 Å². The van der Waals surface area contributed by atoms with Crippen LogP contribution in [0.1, 0.15) is 41.5 Å². The van der Waals surface area contributed by atoms with Gasteiger partial charge >= 0.3 is 5.97 Å². The van der Waals surface area contributed by atoms with Crippen molar-refractivity contribution in [2.24, 2.45) is 0 Å². The van der Waals surface area contributed by atoms with E-state index in [4.69, 9.17) is 5.11 Å².